The summed E-state index contributed by atoms with van der Waals surface area (Å²) in [5, 5.41) is 6.41. The quantitative estimate of drug-likeness (QED) is 0.897. The molecule has 5 heteroatoms. The second-order valence-electron chi connectivity index (χ2n) is 4.29. The lowest BCUT2D eigenvalue weighted by Gasteiger charge is -2.05. The molecule has 0 fully saturated rings. The zero-order valence-electron chi connectivity index (χ0n) is 10.7. The Morgan fingerprint density at radius 2 is 1.89 bits per heavy atom. The third-order valence-corrected chi connectivity index (χ3v) is 2.45. The minimum atomic E-state index is -0.141. The maximum atomic E-state index is 11.9. The fraction of sp³-hybridized carbons (Fsp3) is 0.308. The van der Waals surface area contributed by atoms with Gasteiger partial charge in [0.2, 0.25) is 5.89 Å². The number of aryl methyl sites for hydroxylation is 3. The van der Waals surface area contributed by atoms with Crippen LogP contribution in [0.25, 0.3) is 0 Å². The van der Waals surface area contributed by atoms with Crippen LogP contribution in [0.4, 0.5) is 0 Å². The van der Waals surface area contributed by atoms with E-state index >= 15 is 0 Å². The van der Waals surface area contributed by atoms with Crippen LogP contribution in [0, 0.1) is 20.8 Å². The summed E-state index contributed by atoms with van der Waals surface area (Å²) in [5.41, 5.74) is 2.77. The molecule has 1 N–H and O–H groups in total. The third-order valence-electron chi connectivity index (χ3n) is 2.45. The van der Waals surface area contributed by atoms with E-state index in [0.717, 1.165) is 11.1 Å². The molecule has 2 aromatic rings. The van der Waals surface area contributed by atoms with Gasteiger partial charge in [0.15, 0.2) is 5.82 Å². The molecule has 0 aliphatic rings. The normalized spacial score (nSPS) is 10.4. The maximum absolute atomic E-state index is 11.9. The second-order valence-corrected chi connectivity index (χ2v) is 4.29. The molecule has 1 heterocycles. The highest BCUT2D eigenvalue weighted by Gasteiger charge is 2.08. The molecular weight excluding hydrogens is 230 g/mol. The number of nitrogens with one attached hydrogen (secondary N) is 1. The molecule has 0 aliphatic carbocycles. The van der Waals surface area contributed by atoms with Crippen molar-refractivity contribution in [2.24, 2.45) is 0 Å². The molecule has 18 heavy (non-hydrogen) atoms. The first-order valence-corrected chi connectivity index (χ1v) is 5.70. The molecule has 5 nitrogen and oxygen atoms in total. The molecule has 1 amide bonds. The fourth-order valence-corrected chi connectivity index (χ4v) is 1.78. The van der Waals surface area contributed by atoms with Gasteiger partial charge in [-0.2, -0.15) is 4.98 Å². The smallest absolute Gasteiger partial charge is 0.251 e. The standard InChI is InChI=1S/C13H15N3O2/c1-8-4-9(2)6-11(5-8)13(17)14-7-12-15-10(3)16-18-12/h4-6H,7H2,1-3H3,(H,14,17). The average molecular weight is 245 g/mol. The van der Waals surface area contributed by atoms with Crippen molar-refractivity contribution in [3.63, 3.8) is 0 Å². The van der Waals surface area contributed by atoms with Crippen molar-refractivity contribution in [1.82, 2.24) is 15.5 Å². The van der Waals surface area contributed by atoms with Crippen LogP contribution in [0.5, 0.6) is 0 Å². The van der Waals surface area contributed by atoms with Crippen molar-refractivity contribution in [3.05, 3.63) is 46.6 Å². The van der Waals surface area contributed by atoms with E-state index < -0.39 is 0 Å². The molecule has 1 aromatic carbocycles. The lowest BCUT2D eigenvalue weighted by molar-refractivity contribution is 0.0946. The van der Waals surface area contributed by atoms with Gasteiger partial charge in [-0.25, -0.2) is 0 Å². The van der Waals surface area contributed by atoms with E-state index in [0.29, 0.717) is 17.3 Å². The minimum Gasteiger partial charge on any atom is -0.343 e. The number of amides is 1. The summed E-state index contributed by atoms with van der Waals surface area (Å²) < 4.78 is 4.92. The van der Waals surface area contributed by atoms with E-state index in [-0.39, 0.29) is 12.5 Å². The predicted octanol–water partition coefficient (Wildman–Crippen LogP) is 1.92. The molecule has 0 spiro atoms. The zero-order valence-corrected chi connectivity index (χ0v) is 10.7. The largest absolute Gasteiger partial charge is 0.343 e. The zero-order chi connectivity index (χ0) is 13.1. The van der Waals surface area contributed by atoms with Gasteiger partial charge in [0.05, 0.1) is 6.54 Å². The Labute approximate surface area is 105 Å². The van der Waals surface area contributed by atoms with E-state index in [9.17, 15) is 4.79 Å². The summed E-state index contributed by atoms with van der Waals surface area (Å²) in [7, 11) is 0. The van der Waals surface area contributed by atoms with E-state index in [1.54, 1.807) is 6.92 Å². The number of benzene rings is 1. The van der Waals surface area contributed by atoms with Gasteiger partial charge in [0.1, 0.15) is 0 Å². The topological polar surface area (TPSA) is 68.0 Å². The van der Waals surface area contributed by atoms with Gasteiger partial charge in [-0.15, -0.1) is 0 Å². The first-order valence-electron chi connectivity index (χ1n) is 5.70. The van der Waals surface area contributed by atoms with Crippen LogP contribution in [-0.4, -0.2) is 16.0 Å². The summed E-state index contributed by atoms with van der Waals surface area (Å²) in [5.74, 6) is 0.827. The monoisotopic (exact) mass is 245 g/mol. The van der Waals surface area contributed by atoms with Gasteiger partial charge in [0, 0.05) is 5.56 Å². The van der Waals surface area contributed by atoms with Crippen molar-refractivity contribution in [3.8, 4) is 0 Å². The van der Waals surface area contributed by atoms with Crippen LogP contribution in [0.15, 0.2) is 22.7 Å². The molecule has 94 valence electrons. The lowest BCUT2D eigenvalue weighted by Crippen LogP contribution is -2.23. The van der Waals surface area contributed by atoms with Gasteiger partial charge in [-0.3, -0.25) is 4.79 Å². The number of rotatable bonds is 3. The van der Waals surface area contributed by atoms with Crippen molar-refractivity contribution in [2.75, 3.05) is 0 Å². The molecule has 0 saturated heterocycles. The van der Waals surface area contributed by atoms with Crippen LogP contribution in [0.3, 0.4) is 0 Å². The van der Waals surface area contributed by atoms with Gasteiger partial charge in [0.25, 0.3) is 5.91 Å². The first kappa shape index (κ1) is 12.3. The molecule has 2 rings (SSSR count). The van der Waals surface area contributed by atoms with Crippen LogP contribution in [0.1, 0.15) is 33.2 Å². The van der Waals surface area contributed by atoms with Crippen LogP contribution >= 0.6 is 0 Å². The van der Waals surface area contributed by atoms with E-state index in [4.69, 9.17) is 4.52 Å². The van der Waals surface area contributed by atoms with Gasteiger partial charge >= 0.3 is 0 Å². The van der Waals surface area contributed by atoms with Gasteiger partial charge in [-0.05, 0) is 32.9 Å². The molecule has 0 aliphatic heterocycles. The number of hydrogen-bond donors (Lipinski definition) is 1. The summed E-state index contributed by atoms with van der Waals surface area (Å²) in [6.07, 6.45) is 0. The molecule has 0 atom stereocenters. The Bertz CT molecular complexity index is 555. The molecule has 0 unspecified atom stereocenters. The molecule has 1 aromatic heterocycles. The lowest BCUT2D eigenvalue weighted by atomic mass is 10.1. The molecule has 0 bridgehead atoms. The molecule has 0 saturated carbocycles. The minimum absolute atomic E-state index is 0.141. The summed E-state index contributed by atoms with van der Waals surface area (Å²) in [4.78, 5) is 15.9. The Balaban J connectivity index is 2.03. The summed E-state index contributed by atoms with van der Waals surface area (Å²) in [6, 6.07) is 5.72. The fourth-order valence-electron chi connectivity index (χ4n) is 1.78. The van der Waals surface area contributed by atoms with Crippen molar-refractivity contribution in [1.29, 1.82) is 0 Å². The highest BCUT2D eigenvalue weighted by atomic mass is 16.5. The third kappa shape index (κ3) is 2.94. The van der Waals surface area contributed by atoms with Gasteiger partial charge < -0.3 is 9.84 Å². The predicted molar refractivity (Wildman–Crippen MR) is 66.1 cm³/mol. The van der Waals surface area contributed by atoms with E-state index in [1.807, 2.05) is 32.0 Å². The van der Waals surface area contributed by atoms with Gasteiger partial charge in [-0.1, -0.05) is 22.3 Å². The number of aromatic nitrogens is 2. The number of nitrogens with zero attached hydrogens (tertiary/aromatic N) is 2. The number of carbonyl (C=O) groups excluding carboxylic acids is 1. The number of carbonyl (C=O) groups is 1. The number of hydrogen-bond acceptors (Lipinski definition) is 4. The van der Waals surface area contributed by atoms with Crippen molar-refractivity contribution < 1.29 is 9.32 Å². The SMILES string of the molecule is Cc1cc(C)cc(C(=O)NCc2nc(C)no2)c1. The van der Waals surface area contributed by atoms with E-state index in [2.05, 4.69) is 15.5 Å². The molecule has 0 radical (unpaired) electrons. The van der Waals surface area contributed by atoms with Crippen LogP contribution in [-0.2, 0) is 6.54 Å². The van der Waals surface area contributed by atoms with E-state index in [1.165, 1.54) is 0 Å². The summed E-state index contributed by atoms with van der Waals surface area (Å²) in [6.45, 7) is 5.90. The highest BCUT2D eigenvalue weighted by Crippen LogP contribution is 2.09. The Morgan fingerprint density at radius 1 is 1.22 bits per heavy atom. The maximum Gasteiger partial charge on any atom is 0.251 e. The van der Waals surface area contributed by atoms with Crippen LogP contribution < -0.4 is 5.32 Å². The Morgan fingerprint density at radius 3 is 2.44 bits per heavy atom. The van der Waals surface area contributed by atoms with Crippen LogP contribution in [0.2, 0.25) is 0 Å². The van der Waals surface area contributed by atoms with Crippen molar-refractivity contribution >= 4 is 5.91 Å². The molecular formula is C13H15N3O2. The second kappa shape index (κ2) is 5.00. The highest BCUT2D eigenvalue weighted by molar-refractivity contribution is 5.94. The van der Waals surface area contributed by atoms with Crippen molar-refractivity contribution in [2.45, 2.75) is 27.3 Å². The average Bonchev–Trinajstić information content (AvgIpc) is 2.70. The summed E-state index contributed by atoms with van der Waals surface area (Å²) >= 11 is 0. The Kier molecular flexibility index (Phi) is 3.41. The first-order chi connectivity index (χ1) is 8.54. The Hall–Kier alpha value is -2.17.